The fraction of sp³-hybridized carbons (Fsp3) is 0.250. The Labute approximate surface area is 92.4 Å². The molecule has 0 fully saturated rings. The number of aryl methyl sites for hydroxylation is 2. The van der Waals surface area contributed by atoms with Gasteiger partial charge in [-0.25, -0.2) is 4.39 Å². The SMILES string of the molecule is COc1cc2c(cc1F)c(C)c(C=O)n2C. The standard InChI is InChI=1S/C12H12FNO2/c1-7-8-4-9(13)12(16-3)5-10(8)14(2)11(7)6-15/h4-6H,1-3H3. The van der Waals surface area contributed by atoms with Crippen LogP contribution in [0.3, 0.4) is 0 Å². The van der Waals surface area contributed by atoms with Crippen LogP contribution in [0, 0.1) is 12.7 Å². The van der Waals surface area contributed by atoms with Crippen molar-refractivity contribution in [2.75, 3.05) is 7.11 Å². The van der Waals surface area contributed by atoms with E-state index < -0.39 is 5.82 Å². The van der Waals surface area contributed by atoms with Crippen molar-refractivity contribution in [2.24, 2.45) is 7.05 Å². The monoisotopic (exact) mass is 221 g/mol. The van der Waals surface area contributed by atoms with Gasteiger partial charge in [0.2, 0.25) is 0 Å². The van der Waals surface area contributed by atoms with Gasteiger partial charge in [-0.3, -0.25) is 4.79 Å². The molecule has 0 aliphatic heterocycles. The summed E-state index contributed by atoms with van der Waals surface area (Å²) in [6.45, 7) is 1.80. The number of ether oxygens (including phenoxy) is 1. The van der Waals surface area contributed by atoms with Gasteiger partial charge in [0.05, 0.1) is 18.3 Å². The fourth-order valence-corrected chi connectivity index (χ4v) is 1.96. The third kappa shape index (κ3) is 1.30. The second-order valence-electron chi connectivity index (χ2n) is 3.69. The number of halogens is 1. The van der Waals surface area contributed by atoms with Crippen molar-refractivity contribution in [3.63, 3.8) is 0 Å². The zero-order valence-electron chi connectivity index (χ0n) is 9.37. The number of carbonyl (C=O) groups excluding carboxylic acids is 1. The highest BCUT2D eigenvalue weighted by molar-refractivity contribution is 5.93. The second kappa shape index (κ2) is 3.63. The highest BCUT2D eigenvalue weighted by atomic mass is 19.1. The normalized spacial score (nSPS) is 10.8. The van der Waals surface area contributed by atoms with Crippen LogP contribution >= 0.6 is 0 Å². The minimum absolute atomic E-state index is 0.186. The van der Waals surface area contributed by atoms with E-state index in [1.54, 1.807) is 24.6 Å². The molecule has 0 spiro atoms. The van der Waals surface area contributed by atoms with Crippen LogP contribution in [0.25, 0.3) is 10.9 Å². The molecule has 0 saturated heterocycles. The van der Waals surface area contributed by atoms with Crippen molar-refractivity contribution in [3.05, 3.63) is 29.2 Å². The molecule has 0 unspecified atom stereocenters. The first-order valence-corrected chi connectivity index (χ1v) is 4.87. The van der Waals surface area contributed by atoms with Gasteiger partial charge in [-0.05, 0) is 18.6 Å². The van der Waals surface area contributed by atoms with Crippen LogP contribution in [0.1, 0.15) is 16.1 Å². The van der Waals surface area contributed by atoms with E-state index >= 15 is 0 Å². The molecule has 0 radical (unpaired) electrons. The fourth-order valence-electron chi connectivity index (χ4n) is 1.96. The van der Waals surface area contributed by atoms with Gasteiger partial charge in [0.15, 0.2) is 17.9 Å². The average molecular weight is 221 g/mol. The summed E-state index contributed by atoms with van der Waals surface area (Å²) in [5.74, 6) is -0.230. The molecule has 1 aromatic carbocycles. The van der Waals surface area contributed by atoms with Crippen LogP contribution in [0.2, 0.25) is 0 Å². The molecule has 0 aliphatic rings. The first-order valence-electron chi connectivity index (χ1n) is 4.87. The predicted molar refractivity (Wildman–Crippen MR) is 59.6 cm³/mol. The van der Waals surface area contributed by atoms with E-state index in [1.807, 2.05) is 0 Å². The van der Waals surface area contributed by atoms with E-state index in [-0.39, 0.29) is 5.75 Å². The van der Waals surface area contributed by atoms with Crippen LogP contribution in [0.4, 0.5) is 4.39 Å². The Morgan fingerprint density at radius 3 is 2.69 bits per heavy atom. The van der Waals surface area contributed by atoms with Crippen LogP contribution in [0.15, 0.2) is 12.1 Å². The van der Waals surface area contributed by atoms with Gasteiger partial charge in [-0.1, -0.05) is 0 Å². The van der Waals surface area contributed by atoms with Gasteiger partial charge < -0.3 is 9.30 Å². The molecule has 0 amide bonds. The Morgan fingerprint density at radius 1 is 1.44 bits per heavy atom. The van der Waals surface area contributed by atoms with Crippen LogP contribution in [-0.4, -0.2) is 18.0 Å². The molecule has 0 saturated carbocycles. The minimum Gasteiger partial charge on any atom is -0.494 e. The topological polar surface area (TPSA) is 31.2 Å². The van der Waals surface area contributed by atoms with Crippen LogP contribution in [0.5, 0.6) is 5.75 Å². The molecular formula is C12H12FNO2. The number of fused-ring (bicyclic) bond motifs is 1. The van der Waals surface area contributed by atoms with Crippen molar-refractivity contribution < 1.29 is 13.9 Å². The molecule has 0 bridgehead atoms. The number of hydrogen-bond acceptors (Lipinski definition) is 2. The van der Waals surface area contributed by atoms with Gasteiger partial charge in [0.1, 0.15) is 0 Å². The van der Waals surface area contributed by atoms with Gasteiger partial charge >= 0.3 is 0 Å². The number of aromatic nitrogens is 1. The highest BCUT2D eigenvalue weighted by Crippen LogP contribution is 2.29. The van der Waals surface area contributed by atoms with Gasteiger partial charge in [-0.2, -0.15) is 0 Å². The van der Waals surface area contributed by atoms with Gasteiger partial charge in [0.25, 0.3) is 0 Å². The molecule has 2 rings (SSSR count). The molecule has 3 nitrogen and oxygen atoms in total. The summed E-state index contributed by atoms with van der Waals surface area (Å²) in [6, 6.07) is 3.00. The quantitative estimate of drug-likeness (QED) is 0.729. The number of rotatable bonds is 2. The number of nitrogens with zero attached hydrogens (tertiary/aromatic N) is 1. The summed E-state index contributed by atoms with van der Waals surface area (Å²) in [6.07, 6.45) is 0.777. The lowest BCUT2D eigenvalue weighted by Crippen LogP contribution is -1.95. The summed E-state index contributed by atoms with van der Waals surface area (Å²) < 4.78 is 20.2. The number of carbonyl (C=O) groups is 1. The third-order valence-electron chi connectivity index (χ3n) is 2.89. The molecule has 1 aromatic heterocycles. The molecule has 0 N–H and O–H groups in total. The summed E-state index contributed by atoms with van der Waals surface area (Å²) >= 11 is 0. The lowest BCUT2D eigenvalue weighted by molar-refractivity contribution is 0.111. The number of methoxy groups -OCH3 is 1. The Kier molecular flexibility index (Phi) is 2.42. The van der Waals surface area contributed by atoms with Crippen molar-refractivity contribution in [1.29, 1.82) is 0 Å². The highest BCUT2D eigenvalue weighted by Gasteiger charge is 2.14. The maximum atomic E-state index is 13.5. The average Bonchev–Trinajstić information content (AvgIpc) is 2.50. The predicted octanol–water partition coefficient (Wildman–Crippen LogP) is 2.45. The van der Waals surface area contributed by atoms with E-state index in [2.05, 4.69) is 0 Å². The number of hydrogen-bond donors (Lipinski definition) is 0. The Balaban J connectivity index is 2.89. The van der Waals surface area contributed by atoms with Crippen molar-refractivity contribution in [3.8, 4) is 5.75 Å². The molecule has 2 aromatic rings. The summed E-state index contributed by atoms with van der Waals surface area (Å²) in [5, 5.41) is 0.739. The van der Waals surface area contributed by atoms with E-state index in [1.165, 1.54) is 13.2 Å². The molecule has 0 aliphatic carbocycles. The van der Waals surface area contributed by atoms with Crippen LogP contribution < -0.4 is 4.74 Å². The van der Waals surface area contributed by atoms with E-state index in [4.69, 9.17) is 4.74 Å². The van der Waals surface area contributed by atoms with Gasteiger partial charge in [-0.15, -0.1) is 0 Å². The van der Waals surface area contributed by atoms with Crippen LogP contribution in [-0.2, 0) is 7.05 Å². The molecule has 0 atom stereocenters. The van der Waals surface area contributed by atoms with Crippen molar-refractivity contribution >= 4 is 17.2 Å². The summed E-state index contributed by atoms with van der Waals surface area (Å²) in [5.41, 5.74) is 2.13. The summed E-state index contributed by atoms with van der Waals surface area (Å²) in [4.78, 5) is 10.9. The molecule has 4 heteroatoms. The zero-order chi connectivity index (χ0) is 11.9. The Bertz CT molecular complexity index is 572. The molecular weight excluding hydrogens is 209 g/mol. The molecule has 16 heavy (non-hydrogen) atoms. The number of benzene rings is 1. The third-order valence-corrected chi connectivity index (χ3v) is 2.89. The van der Waals surface area contributed by atoms with E-state index in [0.29, 0.717) is 5.69 Å². The molecule has 84 valence electrons. The maximum Gasteiger partial charge on any atom is 0.166 e. The van der Waals surface area contributed by atoms with Crippen molar-refractivity contribution in [2.45, 2.75) is 6.92 Å². The zero-order valence-corrected chi connectivity index (χ0v) is 9.37. The first kappa shape index (κ1) is 10.7. The summed E-state index contributed by atoms with van der Waals surface area (Å²) in [7, 11) is 3.19. The lowest BCUT2D eigenvalue weighted by atomic mass is 10.1. The minimum atomic E-state index is -0.416. The molecule has 1 heterocycles. The van der Waals surface area contributed by atoms with Crippen molar-refractivity contribution in [1.82, 2.24) is 4.57 Å². The van der Waals surface area contributed by atoms with E-state index in [9.17, 15) is 9.18 Å². The second-order valence-corrected chi connectivity index (χ2v) is 3.69. The van der Waals surface area contributed by atoms with Gasteiger partial charge in [0, 0.05) is 18.5 Å². The Hall–Kier alpha value is -1.84. The van der Waals surface area contributed by atoms with E-state index in [0.717, 1.165) is 22.8 Å². The largest absolute Gasteiger partial charge is 0.494 e. The number of aldehydes is 1. The lowest BCUT2D eigenvalue weighted by Gasteiger charge is -2.03. The maximum absolute atomic E-state index is 13.5. The Morgan fingerprint density at radius 2 is 2.12 bits per heavy atom. The first-order chi connectivity index (χ1) is 7.60. The smallest absolute Gasteiger partial charge is 0.166 e.